The lowest BCUT2D eigenvalue weighted by atomic mass is 10.2. The van der Waals surface area contributed by atoms with Crippen molar-refractivity contribution >= 4 is 23.8 Å². The van der Waals surface area contributed by atoms with Gasteiger partial charge in [-0.2, -0.15) is 4.40 Å². The summed E-state index contributed by atoms with van der Waals surface area (Å²) in [5, 5.41) is 0. The molecular weight excluding hydrogens is 216 g/mol. The lowest BCUT2D eigenvalue weighted by molar-refractivity contribution is -0.136. The van der Waals surface area contributed by atoms with Crippen molar-refractivity contribution in [1.29, 1.82) is 0 Å². The number of hydrogen-bond acceptors (Lipinski definition) is 6. The zero-order valence-electron chi connectivity index (χ0n) is 7.89. The second kappa shape index (κ2) is 4.22. The molecule has 0 amide bonds. The smallest absolute Gasteiger partial charge is 0.355 e. The summed E-state index contributed by atoms with van der Waals surface area (Å²) in [6.07, 6.45) is 3.14. The number of esters is 1. The van der Waals surface area contributed by atoms with E-state index in [1.807, 2.05) is 0 Å². The van der Waals surface area contributed by atoms with E-state index < -0.39 is 5.97 Å². The highest BCUT2D eigenvalue weighted by Gasteiger charge is 2.16. The van der Waals surface area contributed by atoms with Crippen LogP contribution < -0.4 is 4.72 Å². The Labute approximate surface area is 90.5 Å². The Morgan fingerprint density at radius 1 is 1.67 bits per heavy atom. The van der Waals surface area contributed by atoms with Gasteiger partial charge in [-0.25, -0.2) is 4.79 Å². The van der Waals surface area contributed by atoms with Crippen LogP contribution >= 0.6 is 12.1 Å². The van der Waals surface area contributed by atoms with Crippen molar-refractivity contribution in [2.75, 3.05) is 7.11 Å². The van der Waals surface area contributed by atoms with Crippen molar-refractivity contribution < 1.29 is 13.9 Å². The molecule has 0 aliphatic carbocycles. The molecule has 0 unspecified atom stereocenters. The SMILES string of the molecule is COC(=O)C1=CC(c2ccco2)=NSN1. The molecule has 0 bridgehead atoms. The number of furan rings is 1. The van der Waals surface area contributed by atoms with Crippen LogP contribution in [0.5, 0.6) is 0 Å². The van der Waals surface area contributed by atoms with Crippen molar-refractivity contribution in [2.24, 2.45) is 4.40 Å². The maximum absolute atomic E-state index is 11.2. The Balaban J connectivity index is 2.25. The highest BCUT2D eigenvalue weighted by atomic mass is 32.2. The molecule has 2 rings (SSSR count). The molecule has 0 fully saturated rings. The average molecular weight is 224 g/mol. The van der Waals surface area contributed by atoms with Crippen LogP contribution in [0.4, 0.5) is 0 Å². The second-order valence-electron chi connectivity index (χ2n) is 2.70. The monoisotopic (exact) mass is 224 g/mol. The molecule has 1 aromatic heterocycles. The molecular formula is C9H8N2O3S. The second-order valence-corrected chi connectivity index (χ2v) is 3.27. The number of methoxy groups -OCH3 is 1. The molecule has 0 saturated heterocycles. The molecule has 1 N–H and O–H groups in total. The third-order valence-electron chi connectivity index (χ3n) is 1.76. The summed E-state index contributed by atoms with van der Waals surface area (Å²) in [7, 11) is 1.33. The van der Waals surface area contributed by atoms with E-state index in [9.17, 15) is 4.79 Å². The van der Waals surface area contributed by atoms with E-state index in [4.69, 9.17) is 4.42 Å². The van der Waals surface area contributed by atoms with Gasteiger partial charge in [-0.3, -0.25) is 0 Å². The van der Waals surface area contributed by atoms with Gasteiger partial charge in [0.2, 0.25) is 0 Å². The maximum atomic E-state index is 11.2. The number of carbonyl (C=O) groups excluding carboxylic acids is 1. The summed E-state index contributed by atoms with van der Waals surface area (Å²) in [5.74, 6) is 0.187. The molecule has 0 radical (unpaired) electrons. The van der Waals surface area contributed by atoms with E-state index in [-0.39, 0.29) is 0 Å². The van der Waals surface area contributed by atoms with Gasteiger partial charge in [0.15, 0.2) is 5.76 Å². The Morgan fingerprint density at radius 2 is 2.53 bits per heavy atom. The first-order valence-corrected chi connectivity index (χ1v) is 4.92. The van der Waals surface area contributed by atoms with E-state index in [0.717, 1.165) is 12.1 Å². The molecule has 1 aliphatic heterocycles. The normalized spacial score (nSPS) is 15.0. The van der Waals surface area contributed by atoms with E-state index in [1.54, 1.807) is 24.5 Å². The molecule has 2 heterocycles. The minimum absolute atomic E-state index is 0.351. The third kappa shape index (κ3) is 2.04. The molecule has 5 nitrogen and oxygen atoms in total. The molecule has 0 spiro atoms. The van der Waals surface area contributed by atoms with Gasteiger partial charge in [0.25, 0.3) is 0 Å². The topological polar surface area (TPSA) is 63.8 Å². The van der Waals surface area contributed by atoms with Crippen LogP contribution in [0.1, 0.15) is 5.76 Å². The first-order valence-electron chi connectivity index (χ1n) is 4.15. The maximum Gasteiger partial charge on any atom is 0.355 e. The molecule has 1 aromatic rings. The quantitative estimate of drug-likeness (QED) is 0.605. The van der Waals surface area contributed by atoms with Crippen LogP contribution in [0.3, 0.4) is 0 Å². The Morgan fingerprint density at radius 3 is 3.20 bits per heavy atom. The van der Waals surface area contributed by atoms with Gasteiger partial charge in [-0.15, -0.1) is 0 Å². The number of nitrogens with one attached hydrogen (secondary N) is 1. The van der Waals surface area contributed by atoms with Gasteiger partial charge in [-0.05, 0) is 18.2 Å². The minimum Gasteiger partial charge on any atom is -0.464 e. The van der Waals surface area contributed by atoms with Gasteiger partial charge in [-0.1, -0.05) is 0 Å². The largest absolute Gasteiger partial charge is 0.464 e. The first kappa shape index (κ1) is 9.85. The fraction of sp³-hybridized carbons (Fsp3) is 0.111. The fourth-order valence-electron chi connectivity index (χ4n) is 1.06. The van der Waals surface area contributed by atoms with Crippen molar-refractivity contribution in [3.63, 3.8) is 0 Å². The van der Waals surface area contributed by atoms with Crippen LogP contribution in [0.2, 0.25) is 0 Å². The van der Waals surface area contributed by atoms with Crippen molar-refractivity contribution in [3.8, 4) is 0 Å². The van der Waals surface area contributed by atoms with E-state index in [0.29, 0.717) is 17.2 Å². The zero-order valence-corrected chi connectivity index (χ0v) is 8.71. The van der Waals surface area contributed by atoms with E-state index >= 15 is 0 Å². The predicted molar refractivity (Wildman–Crippen MR) is 56.1 cm³/mol. The lowest BCUT2D eigenvalue weighted by Gasteiger charge is -2.10. The standard InChI is InChI=1S/C9H8N2O3S/c1-13-9(12)7-5-6(10-15-11-7)8-3-2-4-14-8/h2-5,11H,1H3. The number of carbonyl (C=O) groups is 1. The summed E-state index contributed by atoms with van der Waals surface area (Å²) in [5.41, 5.74) is 0.952. The fourth-order valence-corrected chi connectivity index (χ4v) is 1.59. The van der Waals surface area contributed by atoms with Gasteiger partial charge >= 0.3 is 5.97 Å². The Hall–Kier alpha value is -1.69. The molecule has 78 valence electrons. The minimum atomic E-state index is -0.429. The van der Waals surface area contributed by atoms with Gasteiger partial charge in [0, 0.05) is 0 Å². The van der Waals surface area contributed by atoms with E-state index in [2.05, 4.69) is 13.9 Å². The Bertz CT molecular complexity index is 423. The van der Waals surface area contributed by atoms with Crippen molar-refractivity contribution in [2.45, 2.75) is 0 Å². The van der Waals surface area contributed by atoms with E-state index in [1.165, 1.54) is 7.11 Å². The number of ether oxygens (including phenoxy) is 1. The number of allylic oxidation sites excluding steroid dienone is 1. The predicted octanol–water partition coefficient (Wildman–Crippen LogP) is 1.29. The highest BCUT2D eigenvalue weighted by Crippen LogP contribution is 2.15. The van der Waals surface area contributed by atoms with Crippen LogP contribution in [-0.2, 0) is 9.53 Å². The number of hydrogen-bond donors (Lipinski definition) is 1. The van der Waals surface area contributed by atoms with Gasteiger partial charge < -0.3 is 13.9 Å². The summed E-state index contributed by atoms with van der Waals surface area (Å²) in [6.45, 7) is 0. The average Bonchev–Trinajstić information content (AvgIpc) is 2.82. The molecule has 15 heavy (non-hydrogen) atoms. The van der Waals surface area contributed by atoms with Gasteiger partial charge in [0.1, 0.15) is 11.4 Å². The van der Waals surface area contributed by atoms with Crippen LogP contribution in [0, 0.1) is 0 Å². The van der Waals surface area contributed by atoms with Crippen molar-refractivity contribution in [1.82, 2.24) is 4.72 Å². The number of rotatable bonds is 2. The first-order chi connectivity index (χ1) is 7.31. The summed E-state index contributed by atoms with van der Waals surface area (Å²) >= 11 is 1.06. The van der Waals surface area contributed by atoms with Crippen LogP contribution in [0.25, 0.3) is 0 Å². The third-order valence-corrected chi connectivity index (χ3v) is 2.36. The van der Waals surface area contributed by atoms with Crippen LogP contribution in [-0.4, -0.2) is 18.8 Å². The highest BCUT2D eigenvalue weighted by molar-refractivity contribution is 7.96. The Kier molecular flexibility index (Phi) is 2.77. The molecule has 1 aliphatic rings. The lowest BCUT2D eigenvalue weighted by Crippen LogP contribution is -2.20. The molecule has 0 aromatic carbocycles. The zero-order chi connectivity index (χ0) is 10.7. The summed E-state index contributed by atoms with van der Waals surface area (Å²) in [6, 6.07) is 3.53. The van der Waals surface area contributed by atoms with Gasteiger partial charge in [0.05, 0.1) is 25.5 Å². The summed E-state index contributed by atoms with van der Waals surface area (Å²) < 4.78 is 16.6. The van der Waals surface area contributed by atoms with Crippen LogP contribution in [0.15, 0.2) is 39.0 Å². The number of nitrogens with zero attached hydrogens (tertiary/aromatic N) is 1. The molecule has 0 atom stereocenters. The van der Waals surface area contributed by atoms with Crippen molar-refractivity contribution in [3.05, 3.63) is 35.9 Å². The summed E-state index contributed by atoms with van der Waals surface area (Å²) in [4.78, 5) is 11.2. The molecule has 0 saturated carbocycles. The molecule has 6 heteroatoms.